The lowest BCUT2D eigenvalue weighted by molar-refractivity contribution is -0.136. The largest absolute Gasteiger partial charge is 0.341 e. The first-order valence-electron chi connectivity index (χ1n) is 11.2. The molecule has 0 bridgehead atoms. The Morgan fingerprint density at radius 1 is 1.14 bits per heavy atom. The van der Waals surface area contributed by atoms with E-state index in [1.807, 2.05) is 30.1 Å². The van der Waals surface area contributed by atoms with Gasteiger partial charge in [-0.15, -0.1) is 0 Å². The van der Waals surface area contributed by atoms with Crippen molar-refractivity contribution in [3.63, 3.8) is 0 Å². The number of nitrogens with zero attached hydrogens (tertiary/aromatic N) is 1. The number of nitrogens with two attached hydrogens (primary N) is 1. The summed E-state index contributed by atoms with van der Waals surface area (Å²) in [6.07, 6.45) is 8.88. The Labute approximate surface area is 174 Å². The van der Waals surface area contributed by atoms with Crippen LogP contribution in [0.5, 0.6) is 0 Å². The van der Waals surface area contributed by atoms with E-state index < -0.39 is 6.04 Å². The molecule has 2 fully saturated rings. The van der Waals surface area contributed by atoms with E-state index in [1.165, 1.54) is 6.42 Å². The normalized spacial score (nSPS) is 23.0. The van der Waals surface area contributed by atoms with Crippen molar-refractivity contribution in [3.05, 3.63) is 29.8 Å². The molecule has 160 valence electrons. The summed E-state index contributed by atoms with van der Waals surface area (Å²) in [6, 6.07) is 7.90. The first-order chi connectivity index (χ1) is 14.0. The van der Waals surface area contributed by atoms with E-state index in [2.05, 4.69) is 23.6 Å². The molecule has 4 N–H and O–H groups in total. The molecule has 29 heavy (non-hydrogen) atoms. The van der Waals surface area contributed by atoms with Crippen LogP contribution in [0.25, 0.3) is 0 Å². The molecule has 3 rings (SSSR count). The zero-order valence-corrected chi connectivity index (χ0v) is 17.8. The second-order valence-corrected chi connectivity index (χ2v) is 8.68. The molecule has 0 radical (unpaired) electrons. The summed E-state index contributed by atoms with van der Waals surface area (Å²) >= 11 is 0. The standard InChI is InChI=1S/C23H36N4O2/c1-3-7-16-8-4-5-11-20(16)26-23(29)25-18-14-12-17(13-15-18)21(24)22(28)27(2)19-9-6-10-19/h4-5,8,11,17-19,21H,3,6-7,9-10,12-15,24H2,1-2H3,(H2,25,26,29)/t17?,18?,21-/m0/s1. The molecule has 1 aromatic rings. The number of benzene rings is 1. The number of carbonyl (C=O) groups excluding carboxylic acids is 2. The van der Waals surface area contributed by atoms with E-state index in [0.717, 1.165) is 62.6 Å². The van der Waals surface area contributed by atoms with Gasteiger partial charge in [0.15, 0.2) is 0 Å². The van der Waals surface area contributed by atoms with E-state index >= 15 is 0 Å². The maximum absolute atomic E-state index is 12.6. The van der Waals surface area contributed by atoms with Crippen LogP contribution in [0.4, 0.5) is 10.5 Å². The van der Waals surface area contributed by atoms with Gasteiger partial charge in [0.1, 0.15) is 0 Å². The van der Waals surface area contributed by atoms with Crippen LogP contribution >= 0.6 is 0 Å². The Hall–Kier alpha value is -2.08. The van der Waals surface area contributed by atoms with E-state index in [-0.39, 0.29) is 23.9 Å². The molecule has 1 atom stereocenters. The Balaban J connectivity index is 1.44. The number of hydrogen-bond donors (Lipinski definition) is 3. The van der Waals surface area contributed by atoms with Crippen molar-refractivity contribution in [1.29, 1.82) is 0 Å². The fraction of sp³-hybridized carbons (Fsp3) is 0.652. The van der Waals surface area contributed by atoms with Gasteiger partial charge in [0.25, 0.3) is 0 Å². The Morgan fingerprint density at radius 2 is 1.83 bits per heavy atom. The number of aryl methyl sites for hydroxylation is 1. The molecule has 0 aliphatic heterocycles. The lowest BCUT2D eigenvalue weighted by Gasteiger charge is -2.38. The highest BCUT2D eigenvalue weighted by molar-refractivity contribution is 5.90. The fourth-order valence-electron chi connectivity index (χ4n) is 4.49. The van der Waals surface area contributed by atoms with E-state index in [4.69, 9.17) is 5.73 Å². The summed E-state index contributed by atoms with van der Waals surface area (Å²) in [5.74, 6) is 0.285. The van der Waals surface area contributed by atoms with Gasteiger partial charge in [0, 0.05) is 24.8 Å². The molecule has 0 saturated heterocycles. The average Bonchev–Trinajstić information content (AvgIpc) is 2.67. The van der Waals surface area contributed by atoms with Crippen LogP contribution in [0, 0.1) is 5.92 Å². The maximum Gasteiger partial charge on any atom is 0.319 e. The lowest BCUT2D eigenvalue weighted by atomic mass is 9.81. The number of anilines is 1. The van der Waals surface area contributed by atoms with E-state index in [9.17, 15) is 9.59 Å². The van der Waals surface area contributed by atoms with E-state index in [0.29, 0.717) is 6.04 Å². The van der Waals surface area contributed by atoms with Crippen LogP contribution in [0.15, 0.2) is 24.3 Å². The summed E-state index contributed by atoms with van der Waals surface area (Å²) in [6.45, 7) is 2.13. The van der Waals surface area contributed by atoms with Crippen molar-refractivity contribution in [2.24, 2.45) is 11.7 Å². The van der Waals surface area contributed by atoms with Gasteiger partial charge in [-0.2, -0.15) is 0 Å². The number of carbonyl (C=O) groups is 2. The quantitative estimate of drug-likeness (QED) is 0.653. The second-order valence-electron chi connectivity index (χ2n) is 8.68. The number of urea groups is 1. The monoisotopic (exact) mass is 400 g/mol. The summed E-state index contributed by atoms with van der Waals surface area (Å²) in [5.41, 5.74) is 8.36. The molecule has 3 amide bonds. The molecule has 1 aromatic carbocycles. The highest BCUT2D eigenvalue weighted by Crippen LogP contribution is 2.29. The molecule has 0 aromatic heterocycles. The SMILES string of the molecule is CCCc1ccccc1NC(=O)NC1CCC([C@H](N)C(=O)N(C)C2CCC2)CC1. The minimum Gasteiger partial charge on any atom is -0.341 e. The van der Waals surface area contributed by atoms with Gasteiger partial charge in [-0.25, -0.2) is 4.79 Å². The molecule has 6 heteroatoms. The highest BCUT2D eigenvalue weighted by Gasteiger charge is 2.34. The van der Waals surface area contributed by atoms with Crippen LogP contribution in [0.3, 0.4) is 0 Å². The molecule has 0 heterocycles. The summed E-state index contributed by atoms with van der Waals surface area (Å²) in [5, 5.41) is 6.10. The van der Waals surface area contributed by atoms with E-state index in [1.54, 1.807) is 0 Å². The minimum atomic E-state index is -0.420. The smallest absolute Gasteiger partial charge is 0.319 e. The van der Waals surface area contributed by atoms with Crippen molar-refractivity contribution in [2.75, 3.05) is 12.4 Å². The maximum atomic E-state index is 12.6. The van der Waals surface area contributed by atoms with Gasteiger partial charge in [-0.1, -0.05) is 31.5 Å². The summed E-state index contributed by atoms with van der Waals surface area (Å²) < 4.78 is 0. The lowest BCUT2D eigenvalue weighted by Crippen LogP contribution is -2.52. The van der Waals surface area contributed by atoms with Gasteiger partial charge >= 0.3 is 6.03 Å². The fourth-order valence-corrected chi connectivity index (χ4v) is 4.49. The predicted molar refractivity (Wildman–Crippen MR) is 117 cm³/mol. The first kappa shape index (κ1) is 21.6. The van der Waals surface area contributed by atoms with Crippen molar-refractivity contribution >= 4 is 17.6 Å². The zero-order chi connectivity index (χ0) is 20.8. The minimum absolute atomic E-state index is 0.0800. The van der Waals surface area contributed by atoms with Crippen molar-refractivity contribution in [2.45, 2.75) is 82.8 Å². The number of amides is 3. The van der Waals surface area contributed by atoms with Gasteiger partial charge in [0.2, 0.25) is 5.91 Å². The average molecular weight is 401 g/mol. The van der Waals surface area contributed by atoms with Crippen molar-refractivity contribution < 1.29 is 9.59 Å². The van der Waals surface area contributed by atoms with Gasteiger partial charge in [-0.05, 0) is 68.9 Å². The third-order valence-electron chi connectivity index (χ3n) is 6.66. The molecule has 2 aliphatic carbocycles. The zero-order valence-electron chi connectivity index (χ0n) is 17.8. The van der Waals surface area contributed by atoms with Crippen LogP contribution in [-0.4, -0.2) is 42.0 Å². The Kier molecular flexibility index (Phi) is 7.53. The summed E-state index contributed by atoms with van der Waals surface area (Å²) in [4.78, 5) is 27.0. The topological polar surface area (TPSA) is 87.5 Å². The molecule has 0 unspecified atom stereocenters. The van der Waals surface area contributed by atoms with Crippen LogP contribution in [0.1, 0.15) is 63.9 Å². The third kappa shape index (κ3) is 5.50. The van der Waals surface area contributed by atoms with Crippen LogP contribution < -0.4 is 16.4 Å². The first-order valence-corrected chi connectivity index (χ1v) is 11.2. The van der Waals surface area contributed by atoms with Crippen LogP contribution in [-0.2, 0) is 11.2 Å². The molecule has 0 spiro atoms. The van der Waals surface area contributed by atoms with Crippen molar-refractivity contribution in [3.8, 4) is 0 Å². The van der Waals surface area contributed by atoms with Crippen LogP contribution in [0.2, 0.25) is 0 Å². The number of rotatable bonds is 7. The third-order valence-corrected chi connectivity index (χ3v) is 6.66. The predicted octanol–water partition coefficient (Wildman–Crippen LogP) is 3.66. The number of para-hydroxylation sites is 1. The number of hydrogen-bond acceptors (Lipinski definition) is 3. The molecule has 2 saturated carbocycles. The molecular weight excluding hydrogens is 364 g/mol. The molecule has 6 nitrogen and oxygen atoms in total. The van der Waals surface area contributed by atoms with Crippen molar-refractivity contribution in [1.82, 2.24) is 10.2 Å². The molecule has 2 aliphatic rings. The van der Waals surface area contributed by atoms with Gasteiger partial charge in [0.05, 0.1) is 6.04 Å². The second kappa shape index (κ2) is 10.1. The Morgan fingerprint density at radius 3 is 2.45 bits per heavy atom. The van der Waals surface area contributed by atoms with Gasteiger partial charge < -0.3 is 21.3 Å². The Bertz CT molecular complexity index is 696. The molecular formula is C23H36N4O2. The van der Waals surface area contributed by atoms with Gasteiger partial charge in [-0.3, -0.25) is 4.79 Å². The summed E-state index contributed by atoms with van der Waals surface area (Å²) in [7, 11) is 1.89. The number of likely N-dealkylation sites (N-methyl/N-ethyl adjacent to an activating group) is 1. The highest BCUT2D eigenvalue weighted by atomic mass is 16.2. The number of nitrogens with one attached hydrogen (secondary N) is 2.